The van der Waals surface area contributed by atoms with E-state index in [2.05, 4.69) is 9.78 Å². The Labute approximate surface area is 132 Å². The van der Waals surface area contributed by atoms with Crippen molar-refractivity contribution >= 4 is 0 Å². The molecule has 2 N–H and O–H groups in total. The monoisotopic (exact) mass is 308 g/mol. The molecule has 0 atom stereocenters. The Kier molecular flexibility index (Phi) is 7.54. The minimum atomic E-state index is 0.0741. The number of benzene rings is 1. The molecule has 0 amide bonds. The lowest BCUT2D eigenvalue weighted by Crippen LogP contribution is -2.20. The fourth-order valence-corrected chi connectivity index (χ4v) is 3.81. The molecular formula is C18H28O4. The van der Waals surface area contributed by atoms with Crippen LogP contribution in [-0.4, -0.2) is 10.5 Å². The predicted molar refractivity (Wildman–Crippen MR) is 86.1 cm³/mol. The summed E-state index contributed by atoms with van der Waals surface area (Å²) in [5.74, 6) is 2.42. The van der Waals surface area contributed by atoms with Gasteiger partial charge in [-0.1, -0.05) is 76.3 Å². The first-order valence-corrected chi connectivity index (χ1v) is 8.57. The van der Waals surface area contributed by atoms with E-state index in [0.717, 1.165) is 11.8 Å². The lowest BCUT2D eigenvalue weighted by molar-refractivity contribution is -0.164. The first-order chi connectivity index (χ1) is 10.8. The normalized spacial score (nSPS) is 19.9. The molecule has 4 nitrogen and oxygen atoms in total. The summed E-state index contributed by atoms with van der Waals surface area (Å²) in [6.07, 6.45) is 15.4. The predicted octanol–water partition coefficient (Wildman–Crippen LogP) is 5.54. The van der Waals surface area contributed by atoms with Crippen LogP contribution < -0.4 is 9.78 Å². The van der Waals surface area contributed by atoms with Gasteiger partial charge in [-0.15, -0.1) is 0 Å². The van der Waals surface area contributed by atoms with Crippen LogP contribution in [0.1, 0.15) is 64.2 Å². The average molecular weight is 308 g/mol. The molecule has 0 radical (unpaired) electrons. The summed E-state index contributed by atoms with van der Waals surface area (Å²) in [6.45, 7) is 0. The van der Waals surface area contributed by atoms with Gasteiger partial charge in [-0.2, -0.15) is 0 Å². The summed E-state index contributed by atoms with van der Waals surface area (Å²) in [5.41, 5.74) is 0. The molecule has 124 valence electrons. The fraction of sp³-hybridized carbons (Fsp3) is 0.667. The van der Waals surface area contributed by atoms with Gasteiger partial charge >= 0.3 is 0 Å². The third-order valence-corrected chi connectivity index (χ3v) is 5.01. The van der Waals surface area contributed by atoms with Crippen LogP contribution in [0.2, 0.25) is 0 Å². The third-order valence-electron chi connectivity index (χ3n) is 5.01. The fourth-order valence-electron chi connectivity index (χ4n) is 3.81. The van der Waals surface area contributed by atoms with Gasteiger partial charge in [-0.05, 0) is 24.0 Å². The molecule has 2 aliphatic carbocycles. The molecule has 0 unspecified atom stereocenters. The van der Waals surface area contributed by atoms with Crippen LogP contribution in [0.25, 0.3) is 0 Å². The van der Waals surface area contributed by atoms with Gasteiger partial charge in [-0.25, -0.2) is 10.5 Å². The standard InChI is InChI=1S/C12H22.C6H6O4/c1-3-7-11(8-4-1)12-9-5-2-6-10-12;7-9-5-3-1-2-4-6(5)10-8/h11-12H,1-10H2;1-4,7-8H. The van der Waals surface area contributed by atoms with E-state index in [1.807, 2.05) is 0 Å². The molecule has 3 rings (SSSR count). The molecule has 0 heterocycles. The van der Waals surface area contributed by atoms with E-state index in [0.29, 0.717) is 0 Å². The number of rotatable bonds is 3. The number of para-hydroxylation sites is 2. The highest BCUT2D eigenvalue weighted by Gasteiger charge is 2.24. The van der Waals surface area contributed by atoms with Crippen molar-refractivity contribution in [3.8, 4) is 11.5 Å². The van der Waals surface area contributed by atoms with Gasteiger partial charge in [0.1, 0.15) is 0 Å². The van der Waals surface area contributed by atoms with Gasteiger partial charge < -0.3 is 9.78 Å². The van der Waals surface area contributed by atoms with Crippen LogP contribution in [-0.2, 0) is 0 Å². The second kappa shape index (κ2) is 9.70. The quantitative estimate of drug-likeness (QED) is 0.568. The second-order valence-electron chi connectivity index (χ2n) is 6.43. The maximum absolute atomic E-state index is 8.16. The Bertz CT molecular complexity index is 370. The lowest BCUT2D eigenvalue weighted by atomic mass is 9.73. The molecule has 1 aromatic rings. The molecule has 1 aromatic carbocycles. The SMILES string of the molecule is C1CCC(C2CCCCC2)CC1.OOc1ccccc1OO. The Morgan fingerprint density at radius 3 is 1.32 bits per heavy atom. The van der Waals surface area contributed by atoms with Crippen LogP contribution in [0.3, 0.4) is 0 Å². The molecule has 0 bridgehead atoms. The average Bonchev–Trinajstić information content (AvgIpc) is 2.63. The third kappa shape index (κ3) is 5.18. The van der Waals surface area contributed by atoms with Gasteiger partial charge in [0.2, 0.25) is 11.5 Å². The van der Waals surface area contributed by atoms with Crippen molar-refractivity contribution in [2.75, 3.05) is 0 Å². The molecule has 2 aliphatic rings. The van der Waals surface area contributed by atoms with E-state index < -0.39 is 0 Å². The van der Waals surface area contributed by atoms with E-state index in [-0.39, 0.29) is 11.5 Å². The Balaban J connectivity index is 0.000000164. The second-order valence-corrected chi connectivity index (χ2v) is 6.43. The van der Waals surface area contributed by atoms with Crippen LogP contribution in [0.4, 0.5) is 0 Å². The maximum atomic E-state index is 8.16. The zero-order valence-electron chi connectivity index (χ0n) is 13.2. The summed E-state index contributed by atoms with van der Waals surface area (Å²) >= 11 is 0. The Morgan fingerprint density at radius 1 is 0.636 bits per heavy atom. The largest absolute Gasteiger partial charge is 0.336 e. The van der Waals surface area contributed by atoms with Gasteiger partial charge in [0.05, 0.1) is 0 Å². The van der Waals surface area contributed by atoms with E-state index >= 15 is 0 Å². The van der Waals surface area contributed by atoms with Crippen molar-refractivity contribution in [3.05, 3.63) is 24.3 Å². The molecule has 0 aliphatic heterocycles. The van der Waals surface area contributed by atoms with Crippen molar-refractivity contribution < 1.29 is 20.3 Å². The van der Waals surface area contributed by atoms with E-state index in [9.17, 15) is 0 Å². The van der Waals surface area contributed by atoms with Crippen molar-refractivity contribution in [1.29, 1.82) is 0 Å². The van der Waals surface area contributed by atoms with Gasteiger partial charge in [0.25, 0.3) is 0 Å². The molecular weight excluding hydrogens is 280 g/mol. The first kappa shape index (κ1) is 17.1. The Hall–Kier alpha value is -1.26. The lowest BCUT2D eigenvalue weighted by Gasteiger charge is -2.32. The Morgan fingerprint density at radius 2 is 1.00 bits per heavy atom. The highest BCUT2D eigenvalue weighted by atomic mass is 17.1. The molecule has 22 heavy (non-hydrogen) atoms. The summed E-state index contributed by atoms with van der Waals surface area (Å²) in [6, 6.07) is 6.17. The van der Waals surface area contributed by atoms with Gasteiger partial charge in [0, 0.05) is 0 Å². The zero-order chi connectivity index (χ0) is 15.6. The van der Waals surface area contributed by atoms with E-state index in [1.165, 1.54) is 50.7 Å². The molecule has 4 heteroatoms. The van der Waals surface area contributed by atoms with Crippen molar-refractivity contribution in [1.82, 2.24) is 0 Å². The van der Waals surface area contributed by atoms with Gasteiger partial charge in [0.15, 0.2) is 0 Å². The summed E-state index contributed by atoms with van der Waals surface area (Å²) in [4.78, 5) is 7.70. The maximum Gasteiger partial charge on any atom is 0.211 e. The molecule has 2 fully saturated rings. The molecule has 0 aromatic heterocycles. The molecule has 0 saturated heterocycles. The first-order valence-electron chi connectivity index (χ1n) is 8.57. The smallest absolute Gasteiger partial charge is 0.211 e. The highest BCUT2D eigenvalue weighted by Crippen LogP contribution is 2.37. The molecule has 0 spiro atoms. The van der Waals surface area contributed by atoms with Crippen LogP contribution in [0, 0.1) is 11.8 Å². The summed E-state index contributed by atoms with van der Waals surface area (Å²) in [5, 5.41) is 16.3. The minimum Gasteiger partial charge on any atom is -0.336 e. The number of hydrogen-bond acceptors (Lipinski definition) is 4. The topological polar surface area (TPSA) is 58.9 Å². The van der Waals surface area contributed by atoms with Crippen molar-refractivity contribution in [2.24, 2.45) is 11.8 Å². The van der Waals surface area contributed by atoms with E-state index in [1.54, 1.807) is 37.8 Å². The van der Waals surface area contributed by atoms with Crippen molar-refractivity contribution in [3.63, 3.8) is 0 Å². The summed E-state index contributed by atoms with van der Waals surface area (Å²) < 4.78 is 0. The van der Waals surface area contributed by atoms with Gasteiger partial charge in [-0.3, -0.25) is 0 Å². The van der Waals surface area contributed by atoms with Crippen LogP contribution >= 0.6 is 0 Å². The zero-order valence-corrected chi connectivity index (χ0v) is 13.2. The summed E-state index contributed by atoms with van der Waals surface area (Å²) in [7, 11) is 0. The molecule has 2 saturated carbocycles. The highest BCUT2D eigenvalue weighted by molar-refractivity contribution is 5.38. The van der Waals surface area contributed by atoms with Crippen LogP contribution in [0.15, 0.2) is 24.3 Å². The van der Waals surface area contributed by atoms with Crippen LogP contribution in [0.5, 0.6) is 11.5 Å². The van der Waals surface area contributed by atoms with Crippen molar-refractivity contribution in [2.45, 2.75) is 64.2 Å². The number of hydrogen-bond donors (Lipinski definition) is 2. The van der Waals surface area contributed by atoms with E-state index in [4.69, 9.17) is 10.5 Å². The minimum absolute atomic E-state index is 0.0741.